The van der Waals surface area contributed by atoms with Crippen molar-refractivity contribution in [2.75, 3.05) is 7.11 Å². The molecular formula is C32H40O11. The van der Waals surface area contributed by atoms with Crippen LogP contribution in [0.15, 0.2) is 34.7 Å². The van der Waals surface area contributed by atoms with Gasteiger partial charge >= 0.3 is 17.9 Å². The third-order valence-electron chi connectivity index (χ3n) is 11.8. The summed E-state index contributed by atoms with van der Waals surface area (Å²) in [5.41, 5.74) is -6.06. The number of fused-ring (bicyclic) bond motifs is 5. The zero-order valence-electron chi connectivity index (χ0n) is 25.5. The fraction of sp³-hybridized carbons (Fsp3) is 0.688. The van der Waals surface area contributed by atoms with Crippen molar-refractivity contribution in [1.82, 2.24) is 0 Å². The summed E-state index contributed by atoms with van der Waals surface area (Å²) < 4.78 is 28.7. The van der Waals surface area contributed by atoms with Crippen molar-refractivity contribution >= 4 is 23.7 Å². The van der Waals surface area contributed by atoms with Crippen molar-refractivity contribution in [3.8, 4) is 0 Å². The van der Waals surface area contributed by atoms with Gasteiger partial charge in [0.1, 0.15) is 23.9 Å². The van der Waals surface area contributed by atoms with Gasteiger partial charge in [0.2, 0.25) is 0 Å². The van der Waals surface area contributed by atoms with Gasteiger partial charge in [-0.15, -0.1) is 0 Å². The number of ketones is 1. The molecule has 11 nitrogen and oxygen atoms in total. The predicted octanol–water partition coefficient (Wildman–Crippen LogP) is 2.83. The Hall–Kier alpha value is -3.02. The van der Waals surface area contributed by atoms with E-state index >= 15 is 0 Å². The Labute approximate surface area is 249 Å². The molecule has 3 heterocycles. The van der Waals surface area contributed by atoms with Gasteiger partial charge in [-0.25, -0.2) is 9.59 Å². The average Bonchev–Trinajstić information content (AvgIpc) is 3.45. The highest BCUT2D eigenvalue weighted by Gasteiger charge is 2.91. The molecule has 2 aliphatic heterocycles. The minimum atomic E-state index is -2.32. The number of Topliss-reactive ketones (excluding diaryl/α,β-unsaturated/α-hetero) is 1. The van der Waals surface area contributed by atoms with Gasteiger partial charge in [-0.05, 0) is 32.8 Å². The quantitative estimate of drug-likeness (QED) is 0.221. The number of carbonyl (C=O) groups excluding carboxylic acids is 4. The lowest BCUT2D eigenvalue weighted by Gasteiger charge is -2.67. The van der Waals surface area contributed by atoms with Crippen LogP contribution in [0, 0.1) is 34.0 Å². The van der Waals surface area contributed by atoms with Crippen molar-refractivity contribution < 1.29 is 52.8 Å². The molecule has 1 spiro atoms. The first-order valence-electron chi connectivity index (χ1n) is 14.8. The second kappa shape index (κ2) is 9.25. The Morgan fingerprint density at radius 1 is 1.16 bits per heavy atom. The van der Waals surface area contributed by atoms with Gasteiger partial charge in [-0.2, -0.15) is 0 Å². The van der Waals surface area contributed by atoms with Gasteiger partial charge in [0, 0.05) is 45.1 Å². The molecule has 5 fully saturated rings. The Balaban J connectivity index is 1.55. The molecular weight excluding hydrogens is 560 g/mol. The Morgan fingerprint density at radius 3 is 2.47 bits per heavy atom. The first-order chi connectivity index (χ1) is 20.1. The highest BCUT2D eigenvalue weighted by atomic mass is 16.6. The summed E-state index contributed by atoms with van der Waals surface area (Å²) in [6.45, 7) is 10.2. The maximum atomic E-state index is 14.7. The molecule has 0 radical (unpaired) electrons. The second-order valence-electron chi connectivity index (χ2n) is 14.1. The van der Waals surface area contributed by atoms with E-state index in [1.165, 1.54) is 6.26 Å². The number of carbonyl (C=O) groups is 4. The summed E-state index contributed by atoms with van der Waals surface area (Å²) in [7, 11) is 1.15. The number of esters is 3. The van der Waals surface area contributed by atoms with Crippen molar-refractivity contribution in [2.45, 2.75) is 96.4 Å². The maximum absolute atomic E-state index is 14.7. The van der Waals surface area contributed by atoms with Crippen LogP contribution in [0.3, 0.4) is 0 Å². The van der Waals surface area contributed by atoms with E-state index in [9.17, 15) is 29.4 Å². The minimum absolute atomic E-state index is 0.0199. The number of epoxide rings is 1. The van der Waals surface area contributed by atoms with Gasteiger partial charge in [0.25, 0.3) is 0 Å². The fourth-order valence-corrected chi connectivity index (χ4v) is 9.95. The molecule has 3 aliphatic carbocycles. The molecule has 2 N–H and O–H groups in total. The fourth-order valence-electron chi connectivity index (χ4n) is 9.95. The predicted molar refractivity (Wildman–Crippen MR) is 147 cm³/mol. The van der Waals surface area contributed by atoms with Gasteiger partial charge < -0.3 is 33.6 Å². The molecule has 234 valence electrons. The Kier molecular flexibility index (Phi) is 6.46. The molecule has 2 saturated heterocycles. The van der Waals surface area contributed by atoms with Crippen LogP contribution in [0.25, 0.3) is 0 Å². The number of methoxy groups -OCH3 is 1. The molecule has 1 aromatic heterocycles. The lowest BCUT2D eigenvalue weighted by molar-refractivity contribution is -0.260. The van der Waals surface area contributed by atoms with Crippen molar-refractivity contribution in [3.05, 3.63) is 35.8 Å². The number of hydrogen-bond acceptors (Lipinski definition) is 11. The first-order valence-corrected chi connectivity index (χ1v) is 14.8. The van der Waals surface area contributed by atoms with Crippen LogP contribution in [0.1, 0.15) is 72.5 Å². The molecule has 6 rings (SSSR count). The standard InChI is InChI=1S/C32H40O11/c1-8-15(2)23(35)42-26-28(3,4)21(20(34)24(36)39-7)30(6)17-9-11-29(5)18(32(17)27(43-32)31(26,38)25(30)37)13-19(33)41-22(29)16-10-12-40-14-16/h8,10,12,14,17-18,20-22,26-27,34,38H,9,11,13H2,1-7H3. The van der Waals surface area contributed by atoms with Gasteiger partial charge in [-0.3, -0.25) is 9.59 Å². The Morgan fingerprint density at radius 2 is 1.86 bits per heavy atom. The third kappa shape index (κ3) is 3.52. The smallest absolute Gasteiger partial charge is 0.335 e. The summed E-state index contributed by atoms with van der Waals surface area (Å²) in [5.74, 6) is -5.01. The van der Waals surface area contributed by atoms with Crippen LogP contribution >= 0.6 is 0 Å². The third-order valence-corrected chi connectivity index (χ3v) is 11.8. The van der Waals surface area contributed by atoms with Crippen LogP contribution in [0.5, 0.6) is 0 Å². The monoisotopic (exact) mass is 600 g/mol. The molecule has 43 heavy (non-hydrogen) atoms. The van der Waals surface area contributed by atoms with E-state index in [0.717, 1.165) is 7.11 Å². The van der Waals surface area contributed by atoms with E-state index in [1.807, 2.05) is 6.92 Å². The van der Waals surface area contributed by atoms with Crippen molar-refractivity contribution in [3.63, 3.8) is 0 Å². The van der Waals surface area contributed by atoms with Crippen LogP contribution in [-0.4, -0.2) is 70.5 Å². The zero-order chi connectivity index (χ0) is 31.5. The van der Waals surface area contributed by atoms with Gasteiger partial charge in [0.15, 0.2) is 17.5 Å². The normalized spacial score (nSPS) is 45.1. The van der Waals surface area contributed by atoms with Gasteiger partial charge in [-0.1, -0.05) is 33.8 Å². The lowest BCUT2D eigenvalue weighted by Crippen LogP contribution is -2.81. The van der Waals surface area contributed by atoms with E-state index in [0.29, 0.717) is 18.4 Å². The number of aliphatic hydroxyl groups is 2. The molecule has 3 saturated carbocycles. The summed E-state index contributed by atoms with van der Waals surface area (Å²) >= 11 is 0. The summed E-state index contributed by atoms with van der Waals surface area (Å²) in [5, 5.41) is 24.2. The number of rotatable bonds is 5. The molecule has 1 aromatic rings. The molecule has 0 amide bonds. The summed E-state index contributed by atoms with van der Waals surface area (Å²) in [4.78, 5) is 54.1. The first kappa shape index (κ1) is 30.0. The van der Waals surface area contributed by atoms with E-state index in [2.05, 4.69) is 0 Å². The number of ether oxygens (including phenoxy) is 4. The molecule has 0 aromatic carbocycles. The molecule has 11 heteroatoms. The van der Waals surface area contributed by atoms with E-state index in [4.69, 9.17) is 23.4 Å². The molecule has 5 aliphatic rings. The second-order valence-corrected chi connectivity index (χ2v) is 14.1. The number of furan rings is 1. The summed E-state index contributed by atoms with van der Waals surface area (Å²) in [6, 6.07) is 1.75. The number of aliphatic hydroxyl groups excluding tert-OH is 1. The molecule has 11 atom stereocenters. The largest absolute Gasteiger partial charge is 0.472 e. The van der Waals surface area contributed by atoms with E-state index in [1.54, 1.807) is 53.0 Å². The number of allylic oxidation sites excluding steroid dienone is 1. The SMILES string of the molecule is CC=C(C)C(=O)OC1C(C)(C)C(C(O)C(=O)OC)C2(C)C(=O)C1(O)C1OC13C1CC(=O)OC(c4ccoc4)C1(C)CCC23. The number of hydrogen-bond donors (Lipinski definition) is 2. The number of cyclic esters (lactones) is 1. The highest BCUT2D eigenvalue weighted by molar-refractivity contribution is 5.99. The highest BCUT2D eigenvalue weighted by Crippen LogP contribution is 2.78. The Bertz CT molecular complexity index is 1410. The van der Waals surface area contributed by atoms with E-state index < -0.39 is 93.3 Å². The van der Waals surface area contributed by atoms with Crippen LogP contribution in [0.2, 0.25) is 0 Å². The maximum Gasteiger partial charge on any atom is 0.335 e. The minimum Gasteiger partial charge on any atom is -0.472 e. The van der Waals surface area contributed by atoms with Crippen LogP contribution < -0.4 is 0 Å². The van der Waals surface area contributed by atoms with Crippen LogP contribution in [0.4, 0.5) is 0 Å². The lowest BCUT2D eigenvalue weighted by atomic mass is 9.36. The van der Waals surface area contributed by atoms with Crippen LogP contribution in [-0.2, 0) is 38.1 Å². The molecule has 11 unspecified atom stereocenters. The van der Waals surface area contributed by atoms with Crippen molar-refractivity contribution in [1.29, 1.82) is 0 Å². The topological polar surface area (TPSA) is 162 Å². The van der Waals surface area contributed by atoms with Gasteiger partial charge in [0.05, 0.1) is 26.1 Å². The van der Waals surface area contributed by atoms with Crippen molar-refractivity contribution in [2.24, 2.45) is 34.0 Å². The average molecular weight is 601 g/mol. The van der Waals surface area contributed by atoms with E-state index in [-0.39, 0.29) is 12.0 Å². The summed E-state index contributed by atoms with van der Waals surface area (Å²) in [6.07, 6.45) is 0.521. The molecule has 2 bridgehead atoms. The zero-order valence-corrected chi connectivity index (χ0v) is 25.5.